The number of rotatable bonds is 9. The first kappa shape index (κ1) is 25.1. The molecule has 2 rings (SSSR count). The standard InChI is InChI=1S/C20H29F2N5O.HI/c1-5-15(4)28-17-11-14(3)7-8-16(17)12-25-20(23-6-2)26-13-18-24-9-10-27(18)19(21)22;/h7-11,15,19H,5-6,12-13H2,1-4H3,(H2,23,25,26);1H. The lowest BCUT2D eigenvalue weighted by Gasteiger charge is -2.17. The summed E-state index contributed by atoms with van der Waals surface area (Å²) in [7, 11) is 0. The number of nitrogens with one attached hydrogen (secondary N) is 2. The molecule has 0 aliphatic heterocycles. The molecule has 0 aliphatic rings. The monoisotopic (exact) mass is 521 g/mol. The number of aromatic nitrogens is 2. The summed E-state index contributed by atoms with van der Waals surface area (Å²) in [5.41, 5.74) is 2.09. The van der Waals surface area contributed by atoms with Crippen molar-refractivity contribution in [2.75, 3.05) is 6.54 Å². The summed E-state index contributed by atoms with van der Waals surface area (Å²) < 4.78 is 32.7. The Balaban J connectivity index is 0.00000420. The van der Waals surface area contributed by atoms with E-state index < -0.39 is 6.55 Å². The van der Waals surface area contributed by atoms with E-state index >= 15 is 0 Å². The Hall–Kier alpha value is -1.91. The third-order valence-corrected chi connectivity index (χ3v) is 4.25. The average molecular weight is 521 g/mol. The van der Waals surface area contributed by atoms with Gasteiger partial charge in [-0.05, 0) is 38.8 Å². The molecule has 29 heavy (non-hydrogen) atoms. The van der Waals surface area contributed by atoms with E-state index in [1.165, 1.54) is 12.4 Å². The van der Waals surface area contributed by atoms with Crippen LogP contribution >= 0.6 is 24.0 Å². The van der Waals surface area contributed by atoms with E-state index in [1.807, 2.05) is 39.0 Å². The summed E-state index contributed by atoms with van der Waals surface area (Å²) in [5, 5.41) is 6.17. The molecule has 0 fully saturated rings. The van der Waals surface area contributed by atoms with Crippen molar-refractivity contribution in [2.45, 2.75) is 59.9 Å². The Morgan fingerprint density at radius 2 is 2.03 bits per heavy atom. The first-order valence-corrected chi connectivity index (χ1v) is 9.52. The van der Waals surface area contributed by atoms with Crippen LogP contribution in [0.1, 0.15) is 50.7 Å². The lowest BCUT2D eigenvalue weighted by atomic mass is 10.1. The highest BCUT2D eigenvalue weighted by atomic mass is 127. The summed E-state index contributed by atoms with van der Waals surface area (Å²) in [6.45, 7) is 6.66. The van der Waals surface area contributed by atoms with Crippen LogP contribution in [0.4, 0.5) is 8.78 Å². The Kier molecular flexibility index (Phi) is 10.9. The van der Waals surface area contributed by atoms with Crippen LogP contribution in [0.5, 0.6) is 5.75 Å². The number of aryl methyl sites for hydroxylation is 1. The zero-order chi connectivity index (χ0) is 20.5. The van der Waals surface area contributed by atoms with Crippen LogP contribution in [0.3, 0.4) is 0 Å². The van der Waals surface area contributed by atoms with E-state index in [0.29, 0.717) is 19.0 Å². The molecule has 0 saturated carbocycles. The van der Waals surface area contributed by atoms with Crippen LogP contribution in [0, 0.1) is 6.92 Å². The molecule has 0 bridgehead atoms. The molecule has 2 aromatic rings. The summed E-state index contributed by atoms with van der Waals surface area (Å²) in [5.74, 6) is 1.60. The number of benzene rings is 1. The van der Waals surface area contributed by atoms with Gasteiger partial charge in [-0.3, -0.25) is 4.57 Å². The van der Waals surface area contributed by atoms with Crippen LogP contribution < -0.4 is 15.4 Å². The van der Waals surface area contributed by atoms with Crippen LogP contribution in [-0.4, -0.2) is 28.2 Å². The van der Waals surface area contributed by atoms with E-state index in [1.54, 1.807) is 0 Å². The van der Waals surface area contributed by atoms with Gasteiger partial charge in [0.15, 0.2) is 5.96 Å². The molecule has 1 atom stereocenters. The fourth-order valence-corrected chi connectivity index (χ4v) is 2.53. The number of guanidine groups is 1. The summed E-state index contributed by atoms with van der Waals surface area (Å²) in [6, 6.07) is 6.04. The average Bonchev–Trinajstić information content (AvgIpc) is 3.14. The van der Waals surface area contributed by atoms with Crippen LogP contribution in [0.25, 0.3) is 0 Å². The lowest BCUT2D eigenvalue weighted by Crippen LogP contribution is -2.37. The van der Waals surface area contributed by atoms with Crippen LogP contribution in [-0.2, 0) is 13.1 Å². The van der Waals surface area contributed by atoms with Gasteiger partial charge in [0.1, 0.15) is 11.6 Å². The molecular formula is C20H30F2IN5O. The fraction of sp³-hybridized carbons (Fsp3) is 0.500. The molecule has 162 valence electrons. The minimum absolute atomic E-state index is 0. The molecule has 0 radical (unpaired) electrons. The number of hydrogen-bond donors (Lipinski definition) is 2. The molecule has 2 N–H and O–H groups in total. The molecule has 0 amide bonds. The molecule has 0 spiro atoms. The molecule has 9 heteroatoms. The number of halogens is 3. The van der Waals surface area contributed by atoms with E-state index in [2.05, 4.69) is 27.5 Å². The Morgan fingerprint density at radius 1 is 1.28 bits per heavy atom. The maximum absolute atomic E-state index is 12.9. The number of imidazole rings is 1. The van der Waals surface area contributed by atoms with Gasteiger partial charge in [-0.25, -0.2) is 9.98 Å². The summed E-state index contributed by atoms with van der Waals surface area (Å²) in [4.78, 5) is 8.54. The van der Waals surface area contributed by atoms with Gasteiger partial charge >= 0.3 is 6.55 Å². The second kappa shape index (κ2) is 12.6. The van der Waals surface area contributed by atoms with E-state index in [9.17, 15) is 8.78 Å². The predicted molar refractivity (Wildman–Crippen MR) is 122 cm³/mol. The van der Waals surface area contributed by atoms with Crippen LogP contribution in [0.15, 0.2) is 35.6 Å². The van der Waals surface area contributed by atoms with Crippen molar-refractivity contribution in [3.05, 3.63) is 47.5 Å². The van der Waals surface area contributed by atoms with E-state index in [0.717, 1.165) is 27.9 Å². The van der Waals surface area contributed by atoms with Crippen molar-refractivity contribution in [1.82, 2.24) is 20.2 Å². The van der Waals surface area contributed by atoms with Crippen LogP contribution in [0.2, 0.25) is 0 Å². The highest BCUT2D eigenvalue weighted by Crippen LogP contribution is 2.23. The molecule has 1 aromatic heterocycles. The number of aliphatic imine (C=N–C) groups is 1. The zero-order valence-electron chi connectivity index (χ0n) is 17.3. The van der Waals surface area contributed by atoms with Gasteiger partial charge in [-0.1, -0.05) is 19.1 Å². The Bertz CT molecular complexity index is 782. The highest BCUT2D eigenvalue weighted by molar-refractivity contribution is 14.0. The molecule has 1 aromatic carbocycles. The molecule has 0 aliphatic carbocycles. The van der Waals surface area contributed by atoms with Crippen molar-refractivity contribution in [3.63, 3.8) is 0 Å². The molecule has 0 saturated heterocycles. The second-order valence-electron chi connectivity index (χ2n) is 6.53. The molecule has 1 unspecified atom stereocenters. The van der Waals surface area contributed by atoms with Gasteiger partial charge in [0.05, 0.1) is 19.2 Å². The van der Waals surface area contributed by atoms with Gasteiger partial charge < -0.3 is 15.4 Å². The Labute approximate surface area is 188 Å². The number of nitrogens with zero attached hydrogens (tertiary/aromatic N) is 3. The zero-order valence-corrected chi connectivity index (χ0v) is 19.6. The number of alkyl halides is 2. The first-order valence-electron chi connectivity index (χ1n) is 9.52. The van der Waals surface area contributed by atoms with Gasteiger partial charge in [0.2, 0.25) is 0 Å². The quantitative estimate of drug-likeness (QED) is 0.287. The number of ether oxygens (including phenoxy) is 1. The van der Waals surface area contributed by atoms with Crippen molar-refractivity contribution in [3.8, 4) is 5.75 Å². The van der Waals surface area contributed by atoms with Gasteiger partial charge in [-0.15, -0.1) is 24.0 Å². The molecular weight excluding hydrogens is 491 g/mol. The normalized spacial score (nSPS) is 12.4. The summed E-state index contributed by atoms with van der Waals surface area (Å²) in [6.07, 6.45) is 3.65. The largest absolute Gasteiger partial charge is 0.490 e. The molecule has 6 nitrogen and oxygen atoms in total. The van der Waals surface area contributed by atoms with Gasteiger partial charge in [0.25, 0.3) is 0 Å². The highest BCUT2D eigenvalue weighted by Gasteiger charge is 2.12. The van der Waals surface area contributed by atoms with E-state index in [-0.39, 0.29) is 42.4 Å². The smallest absolute Gasteiger partial charge is 0.319 e. The minimum Gasteiger partial charge on any atom is -0.490 e. The fourth-order valence-electron chi connectivity index (χ4n) is 2.53. The van der Waals surface area contributed by atoms with Crippen molar-refractivity contribution >= 4 is 29.9 Å². The van der Waals surface area contributed by atoms with Crippen molar-refractivity contribution < 1.29 is 13.5 Å². The van der Waals surface area contributed by atoms with Gasteiger partial charge in [-0.2, -0.15) is 8.78 Å². The maximum atomic E-state index is 12.9. The minimum atomic E-state index is -2.62. The van der Waals surface area contributed by atoms with Crippen molar-refractivity contribution in [2.24, 2.45) is 4.99 Å². The Morgan fingerprint density at radius 3 is 2.69 bits per heavy atom. The van der Waals surface area contributed by atoms with Crippen molar-refractivity contribution in [1.29, 1.82) is 0 Å². The van der Waals surface area contributed by atoms with Gasteiger partial charge in [0, 0.05) is 24.5 Å². The van der Waals surface area contributed by atoms with E-state index in [4.69, 9.17) is 4.74 Å². The number of hydrogen-bond acceptors (Lipinski definition) is 3. The first-order chi connectivity index (χ1) is 13.4. The third-order valence-electron chi connectivity index (χ3n) is 4.25. The topological polar surface area (TPSA) is 63.5 Å². The summed E-state index contributed by atoms with van der Waals surface area (Å²) >= 11 is 0. The lowest BCUT2D eigenvalue weighted by molar-refractivity contribution is 0.0668. The second-order valence-corrected chi connectivity index (χ2v) is 6.53. The predicted octanol–water partition coefficient (Wildman–Crippen LogP) is 4.64. The SMILES string of the molecule is CCNC(=NCc1ccc(C)cc1OC(C)CC)NCc1nccn1C(F)F.I. The molecule has 1 heterocycles. The maximum Gasteiger partial charge on any atom is 0.319 e. The third kappa shape index (κ3) is 7.79.